The van der Waals surface area contributed by atoms with E-state index in [2.05, 4.69) is 17.1 Å². The summed E-state index contributed by atoms with van der Waals surface area (Å²) in [6.45, 7) is 1.88. The molecule has 0 atom stereocenters. The Balaban J connectivity index is 1.82. The smallest absolute Gasteiger partial charge is 0.192 e. The predicted octanol–water partition coefficient (Wildman–Crippen LogP) is 2.42. The van der Waals surface area contributed by atoms with Crippen LogP contribution in [0.2, 0.25) is 0 Å². The molecule has 0 aliphatic heterocycles. The normalized spacial score (nSPS) is 24.6. The lowest BCUT2D eigenvalue weighted by molar-refractivity contribution is 0.264. The molecule has 1 aliphatic carbocycles. The molecule has 0 spiro atoms. The van der Waals surface area contributed by atoms with Crippen LogP contribution < -0.4 is 5.73 Å². The van der Waals surface area contributed by atoms with Crippen molar-refractivity contribution < 1.29 is 4.42 Å². The number of nitrogens with zero attached hydrogens (tertiary/aromatic N) is 1. The Morgan fingerprint density at radius 1 is 1.44 bits per heavy atom. The molecule has 2 aromatic rings. The molecule has 1 saturated carbocycles. The van der Waals surface area contributed by atoms with Gasteiger partial charge in [0.1, 0.15) is 5.52 Å². The third-order valence-electron chi connectivity index (χ3n) is 3.36. The van der Waals surface area contributed by atoms with E-state index in [1.165, 1.54) is 5.56 Å². The molecule has 2 N–H and O–H groups in total. The van der Waals surface area contributed by atoms with E-state index >= 15 is 0 Å². The molecule has 16 heavy (non-hydrogen) atoms. The van der Waals surface area contributed by atoms with Crippen LogP contribution in [-0.4, -0.2) is 11.0 Å². The van der Waals surface area contributed by atoms with E-state index in [4.69, 9.17) is 10.2 Å². The van der Waals surface area contributed by atoms with Gasteiger partial charge in [-0.15, -0.1) is 0 Å². The standard InChI is InChI=1S/C13H16N2O/c1-8-15-12-3-2-9(7-13(12)16-8)4-10-5-11(14)6-10/h2-3,7,10-11H,4-6,14H2,1H3. The van der Waals surface area contributed by atoms with Gasteiger partial charge in [0, 0.05) is 13.0 Å². The van der Waals surface area contributed by atoms with Crippen LogP contribution in [0.15, 0.2) is 22.6 Å². The number of hydrogen-bond acceptors (Lipinski definition) is 3. The van der Waals surface area contributed by atoms with Gasteiger partial charge in [0.05, 0.1) is 0 Å². The summed E-state index contributed by atoms with van der Waals surface area (Å²) < 4.78 is 5.53. The lowest BCUT2D eigenvalue weighted by atomic mass is 9.77. The third kappa shape index (κ3) is 1.71. The second-order valence-electron chi connectivity index (χ2n) is 4.84. The maximum absolute atomic E-state index is 5.79. The predicted molar refractivity (Wildman–Crippen MR) is 63.1 cm³/mol. The molecule has 3 rings (SSSR count). The number of oxazole rings is 1. The van der Waals surface area contributed by atoms with Gasteiger partial charge < -0.3 is 10.2 Å². The first-order chi connectivity index (χ1) is 7.70. The number of rotatable bonds is 2. The van der Waals surface area contributed by atoms with Crippen LogP contribution in [0.5, 0.6) is 0 Å². The van der Waals surface area contributed by atoms with Crippen molar-refractivity contribution in [1.82, 2.24) is 4.98 Å². The van der Waals surface area contributed by atoms with Gasteiger partial charge in [0.25, 0.3) is 0 Å². The second kappa shape index (κ2) is 3.59. The lowest BCUT2D eigenvalue weighted by Crippen LogP contribution is -2.37. The summed E-state index contributed by atoms with van der Waals surface area (Å²) in [6.07, 6.45) is 3.43. The zero-order valence-corrected chi connectivity index (χ0v) is 9.44. The van der Waals surface area contributed by atoms with Gasteiger partial charge in [0.2, 0.25) is 0 Å². The first-order valence-corrected chi connectivity index (χ1v) is 5.82. The monoisotopic (exact) mass is 216 g/mol. The van der Waals surface area contributed by atoms with Crippen molar-refractivity contribution in [3.05, 3.63) is 29.7 Å². The van der Waals surface area contributed by atoms with E-state index in [0.29, 0.717) is 6.04 Å². The number of hydrogen-bond donors (Lipinski definition) is 1. The summed E-state index contributed by atoms with van der Waals surface area (Å²) in [5.41, 5.74) is 8.97. The van der Waals surface area contributed by atoms with Gasteiger partial charge in [-0.05, 0) is 42.9 Å². The zero-order valence-electron chi connectivity index (χ0n) is 9.44. The third-order valence-corrected chi connectivity index (χ3v) is 3.36. The molecule has 1 aromatic carbocycles. The van der Waals surface area contributed by atoms with E-state index < -0.39 is 0 Å². The molecule has 0 unspecified atom stereocenters. The van der Waals surface area contributed by atoms with Crippen LogP contribution in [0, 0.1) is 12.8 Å². The van der Waals surface area contributed by atoms with Crippen molar-refractivity contribution >= 4 is 11.1 Å². The molecule has 0 saturated heterocycles. The van der Waals surface area contributed by atoms with Gasteiger partial charge in [-0.3, -0.25) is 0 Å². The summed E-state index contributed by atoms with van der Waals surface area (Å²) in [5.74, 6) is 1.49. The maximum Gasteiger partial charge on any atom is 0.192 e. The Bertz CT molecular complexity index is 512. The highest BCUT2D eigenvalue weighted by Crippen LogP contribution is 2.30. The second-order valence-corrected chi connectivity index (χ2v) is 4.84. The molecule has 3 nitrogen and oxygen atoms in total. The van der Waals surface area contributed by atoms with Gasteiger partial charge in [0.15, 0.2) is 11.5 Å². The Kier molecular flexibility index (Phi) is 2.21. The quantitative estimate of drug-likeness (QED) is 0.838. The SMILES string of the molecule is Cc1nc2ccc(CC3CC(N)C3)cc2o1. The van der Waals surface area contributed by atoms with Gasteiger partial charge in [-0.1, -0.05) is 6.07 Å². The minimum absolute atomic E-state index is 0.432. The molecular weight excluding hydrogens is 200 g/mol. The van der Waals surface area contributed by atoms with Crippen LogP contribution in [-0.2, 0) is 6.42 Å². The Morgan fingerprint density at radius 3 is 3.00 bits per heavy atom. The zero-order chi connectivity index (χ0) is 11.1. The summed E-state index contributed by atoms with van der Waals surface area (Å²) in [6, 6.07) is 6.73. The number of benzene rings is 1. The molecule has 0 radical (unpaired) electrons. The first kappa shape index (κ1) is 9.85. The van der Waals surface area contributed by atoms with E-state index in [1.54, 1.807) is 0 Å². The average molecular weight is 216 g/mol. The fourth-order valence-corrected chi connectivity index (χ4v) is 2.50. The molecule has 0 bridgehead atoms. The van der Waals surface area contributed by atoms with E-state index in [9.17, 15) is 0 Å². The van der Waals surface area contributed by atoms with Crippen molar-refractivity contribution in [1.29, 1.82) is 0 Å². The van der Waals surface area contributed by atoms with Crippen LogP contribution >= 0.6 is 0 Å². The average Bonchev–Trinajstić information content (AvgIpc) is 2.55. The Hall–Kier alpha value is -1.35. The van der Waals surface area contributed by atoms with E-state index in [-0.39, 0.29) is 0 Å². The minimum atomic E-state index is 0.432. The van der Waals surface area contributed by atoms with Crippen molar-refractivity contribution in [2.24, 2.45) is 11.7 Å². The van der Waals surface area contributed by atoms with Crippen LogP contribution in [0.1, 0.15) is 24.3 Å². The van der Waals surface area contributed by atoms with E-state index in [0.717, 1.165) is 42.2 Å². The molecule has 0 amide bonds. The summed E-state index contributed by atoms with van der Waals surface area (Å²) >= 11 is 0. The Morgan fingerprint density at radius 2 is 2.25 bits per heavy atom. The first-order valence-electron chi connectivity index (χ1n) is 5.82. The van der Waals surface area contributed by atoms with Crippen LogP contribution in [0.3, 0.4) is 0 Å². The molecule has 1 heterocycles. The molecule has 84 valence electrons. The number of aryl methyl sites for hydroxylation is 1. The number of aromatic nitrogens is 1. The van der Waals surface area contributed by atoms with Gasteiger partial charge in [-0.25, -0.2) is 4.98 Å². The minimum Gasteiger partial charge on any atom is -0.441 e. The van der Waals surface area contributed by atoms with Crippen molar-refractivity contribution in [2.45, 2.75) is 32.2 Å². The molecule has 1 aromatic heterocycles. The summed E-state index contributed by atoms with van der Waals surface area (Å²) in [4.78, 5) is 4.29. The molecule has 1 aliphatic rings. The van der Waals surface area contributed by atoms with Crippen LogP contribution in [0.25, 0.3) is 11.1 Å². The molecule has 1 fully saturated rings. The fourth-order valence-electron chi connectivity index (χ4n) is 2.50. The highest BCUT2D eigenvalue weighted by atomic mass is 16.3. The topological polar surface area (TPSA) is 52.0 Å². The van der Waals surface area contributed by atoms with Crippen molar-refractivity contribution in [3.8, 4) is 0 Å². The summed E-state index contributed by atoms with van der Waals surface area (Å²) in [5, 5.41) is 0. The molecular formula is C13H16N2O. The largest absolute Gasteiger partial charge is 0.441 e. The lowest BCUT2D eigenvalue weighted by Gasteiger charge is -2.32. The Labute approximate surface area is 94.7 Å². The highest BCUT2D eigenvalue weighted by molar-refractivity contribution is 5.73. The van der Waals surface area contributed by atoms with Gasteiger partial charge >= 0.3 is 0 Å². The van der Waals surface area contributed by atoms with Gasteiger partial charge in [-0.2, -0.15) is 0 Å². The summed E-state index contributed by atoms with van der Waals surface area (Å²) in [7, 11) is 0. The van der Waals surface area contributed by atoms with E-state index in [1.807, 2.05) is 13.0 Å². The number of nitrogens with two attached hydrogens (primary N) is 1. The van der Waals surface area contributed by atoms with Crippen molar-refractivity contribution in [3.63, 3.8) is 0 Å². The van der Waals surface area contributed by atoms with Crippen LogP contribution in [0.4, 0.5) is 0 Å². The highest BCUT2D eigenvalue weighted by Gasteiger charge is 2.25. The number of fused-ring (bicyclic) bond motifs is 1. The van der Waals surface area contributed by atoms with Crippen molar-refractivity contribution in [2.75, 3.05) is 0 Å². The maximum atomic E-state index is 5.79. The molecule has 3 heteroatoms. The fraction of sp³-hybridized carbons (Fsp3) is 0.462.